The van der Waals surface area contributed by atoms with Gasteiger partial charge in [-0.1, -0.05) is 42.5 Å². The molecule has 0 aliphatic heterocycles. The first-order valence-corrected chi connectivity index (χ1v) is 10.5. The first kappa shape index (κ1) is 21.8. The molecule has 1 N–H and O–H groups in total. The first-order valence-electron chi connectivity index (χ1n) is 10.5. The summed E-state index contributed by atoms with van der Waals surface area (Å²) in [6.45, 7) is 2.13. The van der Waals surface area contributed by atoms with Crippen LogP contribution < -0.4 is 10.3 Å². The molecule has 1 heterocycles. The second-order valence-corrected chi connectivity index (χ2v) is 7.61. The zero-order valence-corrected chi connectivity index (χ0v) is 18.1. The Hall–Kier alpha value is -4.44. The number of nitrogens with one attached hydrogen (secondary N) is 1. The number of para-hydroxylation sites is 1. The summed E-state index contributed by atoms with van der Waals surface area (Å²) in [6.07, 6.45) is -0.783. The van der Waals surface area contributed by atoms with E-state index in [1.165, 1.54) is 0 Å². The maximum Gasteiger partial charge on any atom is 0.264 e. The molecule has 1 amide bonds. The van der Waals surface area contributed by atoms with Crippen LogP contribution in [0, 0.1) is 11.3 Å². The lowest BCUT2D eigenvalue weighted by atomic mass is 10.2. The average Bonchev–Trinajstić information content (AvgIpc) is 2.84. The molecule has 164 valence electrons. The van der Waals surface area contributed by atoms with Crippen molar-refractivity contribution in [1.29, 1.82) is 5.26 Å². The highest BCUT2D eigenvalue weighted by Crippen LogP contribution is 2.17. The molecule has 4 rings (SSSR count). The molecule has 0 aliphatic carbocycles. The number of hydrogen-bond acceptors (Lipinski definition) is 5. The van der Waals surface area contributed by atoms with E-state index in [4.69, 9.17) is 10.00 Å². The number of ether oxygens (including phenoxy) is 1. The van der Waals surface area contributed by atoms with Crippen LogP contribution in [-0.2, 0) is 17.9 Å². The number of nitrogens with zero attached hydrogens (tertiary/aromatic N) is 3. The number of H-pyrrole nitrogens is 1. The van der Waals surface area contributed by atoms with Crippen molar-refractivity contribution in [2.45, 2.75) is 26.1 Å². The van der Waals surface area contributed by atoms with Gasteiger partial charge in [0.25, 0.3) is 11.5 Å². The molecular weight excluding hydrogens is 416 g/mol. The minimum absolute atomic E-state index is 0.120. The van der Waals surface area contributed by atoms with Crippen LogP contribution in [0.2, 0.25) is 0 Å². The number of nitriles is 1. The average molecular weight is 438 g/mol. The molecule has 7 nitrogen and oxygen atoms in total. The fraction of sp³-hybridized carbons (Fsp3) is 0.154. The molecule has 33 heavy (non-hydrogen) atoms. The summed E-state index contributed by atoms with van der Waals surface area (Å²) < 4.78 is 5.83. The van der Waals surface area contributed by atoms with Crippen molar-refractivity contribution in [1.82, 2.24) is 14.9 Å². The van der Waals surface area contributed by atoms with Gasteiger partial charge in [-0.15, -0.1) is 0 Å². The SMILES string of the molecule is CC(Oc1ccc(C#N)cc1)C(=O)N(Cc1ccccc1)Cc1nc2ccccc2c(=O)[nH]1. The molecule has 1 atom stereocenters. The fourth-order valence-electron chi connectivity index (χ4n) is 3.53. The van der Waals surface area contributed by atoms with Crippen LogP contribution in [0.3, 0.4) is 0 Å². The third-order valence-electron chi connectivity index (χ3n) is 5.17. The monoisotopic (exact) mass is 438 g/mol. The molecule has 0 saturated carbocycles. The third-order valence-corrected chi connectivity index (χ3v) is 5.17. The molecule has 4 aromatic rings. The third kappa shape index (κ3) is 5.25. The Bertz CT molecular complexity index is 1360. The normalized spacial score (nSPS) is 11.5. The predicted octanol–water partition coefficient (Wildman–Crippen LogP) is 3.79. The number of carbonyl (C=O) groups is 1. The largest absolute Gasteiger partial charge is 0.481 e. The van der Waals surface area contributed by atoms with E-state index in [0.29, 0.717) is 34.6 Å². The topological polar surface area (TPSA) is 99.1 Å². The zero-order valence-electron chi connectivity index (χ0n) is 18.1. The summed E-state index contributed by atoms with van der Waals surface area (Å²) in [5, 5.41) is 9.45. The van der Waals surface area contributed by atoms with Gasteiger partial charge in [0.1, 0.15) is 11.6 Å². The smallest absolute Gasteiger partial charge is 0.264 e. The number of hydrogen-bond donors (Lipinski definition) is 1. The highest BCUT2D eigenvalue weighted by molar-refractivity contribution is 5.81. The second kappa shape index (κ2) is 9.79. The van der Waals surface area contributed by atoms with E-state index in [0.717, 1.165) is 5.56 Å². The molecule has 1 unspecified atom stereocenters. The minimum atomic E-state index is -0.783. The van der Waals surface area contributed by atoms with Crippen LogP contribution in [-0.4, -0.2) is 26.9 Å². The molecule has 0 bridgehead atoms. The lowest BCUT2D eigenvalue weighted by molar-refractivity contribution is -0.139. The lowest BCUT2D eigenvalue weighted by Crippen LogP contribution is -2.40. The summed E-state index contributed by atoms with van der Waals surface area (Å²) in [5.41, 5.74) is 1.78. The Morgan fingerprint density at radius 1 is 1.03 bits per heavy atom. The molecule has 3 aromatic carbocycles. The standard InChI is InChI=1S/C26H22N4O3/c1-18(33-21-13-11-19(15-27)12-14-21)26(32)30(16-20-7-3-2-4-8-20)17-24-28-23-10-6-5-9-22(23)25(31)29-24/h2-14,18H,16-17H2,1H3,(H,28,29,31). The van der Waals surface area contributed by atoms with E-state index in [9.17, 15) is 9.59 Å². The van der Waals surface area contributed by atoms with Gasteiger partial charge in [0.15, 0.2) is 6.10 Å². The van der Waals surface area contributed by atoms with Crippen molar-refractivity contribution >= 4 is 16.8 Å². The number of benzene rings is 3. The summed E-state index contributed by atoms with van der Waals surface area (Å²) in [7, 11) is 0. The minimum Gasteiger partial charge on any atom is -0.481 e. The van der Waals surface area contributed by atoms with Gasteiger partial charge in [0.05, 0.1) is 29.1 Å². The van der Waals surface area contributed by atoms with Crippen molar-refractivity contribution in [2.24, 2.45) is 0 Å². The van der Waals surface area contributed by atoms with Gasteiger partial charge in [-0.2, -0.15) is 5.26 Å². The Kier molecular flexibility index (Phi) is 6.46. The molecule has 0 aliphatic rings. The van der Waals surface area contributed by atoms with Crippen LogP contribution in [0.25, 0.3) is 10.9 Å². The van der Waals surface area contributed by atoms with Gasteiger partial charge in [-0.05, 0) is 48.9 Å². The van der Waals surface area contributed by atoms with E-state index in [2.05, 4.69) is 16.0 Å². The molecule has 0 spiro atoms. The van der Waals surface area contributed by atoms with Crippen LogP contribution in [0.15, 0.2) is 83.7 Å². The Labute approximate surface area is 190 Å². The van der Waals surface area contributed by atoms with Crippen molar-refractivity contribution in [2.75, 3.05) is 0 Å². The molecule has 7 heteroatoms. The number of rotatable bonds is 7. The summed E-state index contributed by atoms with van der Waals surface area (Å²) >= 11 is 0. The van der Waals surface area contributed by atoms with E-state index in [-0.39, 0.29) is 18.0 Å². The maximum absolute atomic E-state index is 13.4. The van der Waals surface area contributed by atoms with Gasteiger partial charge < -0.3 is 14.6 Å². The lowest BCUT2D eigenvalue weighted by Gasteiger charge is -2.26. The van der Waals surface area contributed by atoms with Gasteiger partial charge >= 0.3 is 0 Å². The number of amides is 1. The van der Waals surface area contributed by atoms with Crippen molar-refractivity contribution in [3.63, 3.8) is 0 Å². The zero-order chi connectivity index (χ0) is 23.2. The van der Waals surface area contributed by atoms with E-state index in [1.54, 1.807) is 54.3 Å². The van der Waals surface area contributed by atoms with Crippen molar-refractivity contribution in [3.05, 3.63) is 106 Å². The maximum atomic E-state index is 13.4. The molecular formula is C26H22N4O3. The van der Waals surface area contributed by atoms with Crippen LogP contribution in [0.4, 0.5) is 0 Å². The van der Waals surface area contributed by atoms with Gasteiger partial charge in [0.2, 0.25) is 0 Å². The Morgan fingerprint density at radius 2 is 1.73 bits per heavy atom. The molecule has 0 saturated heterocycles. The summed E-state index contributed by atoms with van der Waals surface area (Å²) in [5.74, 6) is 0.638. The number of aromatic amines is 1. The molecule has 1 aromatic heterocycles. The quantitative estimate of drug-likeness (QED) is 0.473. The number of fused-ring (bicyclic) bond motifs is 1. The highest BCUT2D eigenvalue weighted by Gasteiger charge is 2.24. The van der Waals surface area contributed by atoms with Crippen LogP contribution >= 0.6 is 0 Å². The van der Waals surface area contributed by atoms with Gasteiger partial charge in [-0.3, -0.25) is 9.59 Å². The van der Waals surface area contributed by atoms with Crippen molar-refractivity contribution in [3.8, 4) is 11.8 Å². The summed E-state index contributed by atoms with van der Waals surface area (Å²) in [6, 6.07) is 25.3. The fourth-order valence-corrected chi connectivity index (χ4v) is 3.53. The van der Waals surface area contributed by atoms with E-state index in [1.807, 2.05) is 36.4 Å². The van der Waals surface area contributed by atoms with E-state index < -0.39 is 6.10 Å². The van der Waals surface area contributed by atoms with Gasteiger partial charge in [-0.25, -0.2) is 4.98 Å². The highest BCUT2D eigenvalue weighted by atomic mass is 16.5. The van der Waals surface area contributed by atoms with Gasteiger partial charge in [0, 0.05) is 6.54 Å². The molecule has 0 fully saturated rings. The Balaban J connectivity index is 1.59. The van der Waals surface area contributed by atoms with Crippen molar-refractivity contribution < 1.29 is 9.53 Å². The van der Waals surface area contributed by atoms with Crippen LogP contribution in [0.5, 0.6) is 5.75 Å². The first-order chi connectivity index (χ1) is 16.0. The Morgan fingerprint density at radius 3 is 2.45 bits per heavy atom. The number of carbonyl (C=O) groups excluding carboxylic acids is 1. The summed E-state index contributed by atoms with van der Waals surface area (Å²) in [4.78, 5) is 34.8. The predicted molar refractivity (Wildman–Crippen MR) is 124 cm³/mol. The second-order valence-electron chi connectivity index (χ2n) is 7.61. The van der Waals surface area contributed by atoms with E-state index >= 15 is 0 Å². The van der Waals surface area contributed by atoms with Crippen LogP contribution in [0.1, 0.15) is 23.9 Å². The number of aromatic nitrogens is 2. The molecule has 0 radical (unpaired) electrons.